The molecule has 3 aliphatic heterocycles. The number of carbonyl (C=O) groups excluding carboxylic acids is 1. The van der Waals surface area contributed by atoms with Crippen molar-refractivity contribution in [1.29, 1.82) is 0 Å². The molecule has 2 N–H and O–H groups in total. The summed E-state index contributed by atoms with van der Waals surface area (Å²) in [6.45, 7) is 18.3. The van der Waals surface area contributed by atoms with Crippen LogP contribution in [0.3, 0.4) is 0 Å². The molecular weight excluding hydrogens is 460 g/mol. The van der Waals surface area contributed by atoms with Crippen molar-refractivity contribution >= 4 is 17.3 Å². The second-order valence-corrected chi connectivity index (χ2v) is 10.8. The van der Waals surface area contributed by atoms with Crippen LogP contribution in [0.2, 0.25) is 0 Å². The molecule has 0 radical (unpaired) electrons. The van der Waals surface area contributed by atoms with Crippen molar-refractivity contribution < 1.29 is 4.79 Å². The molecule has 0 bridgehead atoms. The molecule has 3 aromatic rings. The van der Waals surface area contributed by atoms with Gasteiger partial charge in [0.15, 0.2) is 0 Å². The Labute approximate surface area is 220 Å². The highest BCUT2D eigenvalue weighted by molar-refractivity contribution is 5.95. The van der Waals surface area contributed by atoms with E-state index in [4.69, 9.17) is 4.98 Å². The van der Waals surface area contributed by atoms with Crippen LogP contribution in [-0.4, -0.2) is 70.9 Å². The molecular formula is C30H40N6O. The number of aromatic nitrogens is 2. The van der Waals surface area contributed by atoms with E-state index < -0.39 is 0 Å². The minimum atomic E-state index is 0.103. The summed E-state index contributed by atoms with van der Waals surface area (Å²) in [7, 11) is 0. The van der Waals surface area contributed by atoms with Gasteiger partial charge in [-0.2, -0.15) is 0 Å². The Balaban J connectivity index is 0.00000137. The molecule has 2 fully saturated rings. The van der Waals surface area contributed by atoms with E-state index in [2.05, 4.69) is 53.3 Å². The molecule has 0 saturated carbocycles. The van der Waals surface area contributed by atoms with E-state index in [-0.39, 0.29) is 5.91 Å². The minimum absolute atomic E-state index is 0.103. The standard InChI is InChI=1S/C28H34N6O.C2H6/c1-20(12-32-10-9-22-5-3-4-6-23(22)13-32)11-30-21(2)25-15-33-14-24(7-8-26(33)31-25)27(35)34-18-28(19-34)16-29-17-28;1-2/h3-8,14-15,20,29-30H,2,9-13,16-19H2,1H3;1-2H3. The maximum Gasteiger partial charge on any atom is 0.255 e. The van der Waals surface area contributed by atoms with Crippen LogP contribution >= 0.6 is 0 Å². The van der Waals surface area contributed by atoms with Crippen molar-refractivity contribution in [3.8, 4) is 0 Å². The normalized spacial score (nSPS) is 18.7. The maximum atomic E-state index is 12.9. The monoisotopic (exact) mass is 500 g/mol. The van der Waals surface area contributed by atoms with Gasteiger partial charge in [0.1, 0.15) is 11.3 Å². The summed E-state index contributed by atoms with van der Waals surface area (Å²) in [5, 5.41) is 6.80. The number of hydrogen-bond donors (Lipinski definition) is 2. The topological polar surface area (TPSA) is 64.9 Å². The molecule has 196 valence electrons. The van der Waals surface area contributed by atoms with Gasteiger partial charge in [-0.1, -0.05) is 51.6 Å². The smallest absolute Gasteiger partial charge is 0.255 e. The Bertz CT molecular complexity index is 1270. The zero-order valence-corrected chi connectivity index (χ0v) is 22.5. The Kier molecular flexibility index (Phi) is 7.36. The summed E-state index contributed by atoms with van der Waals surface area (Å²) >= 11 is 0. The second-order valence-electron chi connectivity index (χ2n) is 10.8. The first kappa shape index (κ1) is 25.5. The first-order chi connectivity index (χ1) is 18.0. The van der Waals surface area contributed by atoms with E-state index in [9.17, 15) is 4.79 Å². The molecule has 2 aromatic heterocycles. The van der Waals surface area contributed by atoms with Gasteiger partial charge >= 0.3 is 0 Å². The fourth-order valence-electron chi connectivity index (χ4n) is 5.66. The molecule has 1 amide bonds. The second kappa shape index (κ2) is 10.7. The van der Waals surface area contributed by atoms with Gasteiger partial charge in [0.05, 0.1) is 11.3 Å². The summed E-state index contributed by atoms with van der Waals surface area (Å²) in [5.74, 6) is 0.592. The van der Waals surface area contributed by atoms with E-state index >= 15 is 0 Å². The number of rotatable bonds is 7. The lowest BCUT2D eigenvalue weighted by molar-refractivity contribution is -0.0248. The van der Waals surface area contributed by atoms with E-state index in [0.717, 1.165) is 75.8 Å². The third-order valence-electron chi connectivity index (χ3n) is 7.79. The van der Waals surface area contributed by atoms with E-state index in [1.54, 1.807) is 0 Å². The third-order valence-corrected chi connectivity index (χ3v) is 7.79. The van der Waals surface area contributed by atoms with Crippen molar-refractivity contribution in [2.75, 3.05) is 45.8 Å². The first-order valence-corrected chi connectivity index (χ1v) is 13.7. The lowest BCUT2D eigenvalue weighted by Crippen LogP contribution is -2.71. The molecule has 6 rings (SSSR count). The van der Waals surface area contributed by atoms with Gasteiger partial charge in [0.2, 0.25) is 0 Å². The van der Waals surface area contributed by atoms with Crippen molar-refractivity contribution in [1.82, 2.24) is 29.8 Å². The highest BCUT2D eigenvalue weighted by atomic mass is 16.2. The fourth-order valence-corrected chi connectivity index (χ4v) is 5.66. The van der Waals surface area contributed by atoms with Crippen LogP contribution in [0.5, 0.6) is 0 Å². The first-order valence-electron chi connectivity index (χ1n) is 13.7. The predicted molar refractivity (Wildman–Crippen MR) is 149 cm³/mol. The van der Waals surface area contributed by atoms with Gasteiger partial charge in [-0.05, 0) is 35.6 Å². The SMILES string of the molecule is C=C(NCC(C)CN1CCc2ccccc2C1)c1cn2cc(C(=O)N3CC4(CNC4)C3)ccc2n1.CC. The Morgan fingerprint density at radius 1 is 1.14 bits per heavy atom. The number of pyridine rings is 1. The van der Waals surface area contributed by atoms with Gasteiger partial charge in [-0.15, -0.1) is 0 Å². The number of likely N-dealkylation sites (tertiary alicyclic amines) is 1. The molecule has 7 heteroatoms. The highest BCUT2D eigenvalue weighted by Gasteiger charge is 2.49. The number of hydrogen-bond acceptors (Lipinski definition) is 5. The zero-order valence-electron chi connectivity index (χ0n) is 22.5. The lowest BCUT2D eigenvalue weighted by Gasteiger charge is -2.56. The fraction of sp³-hybridized carbons (Fsp3) is 0.467. The number of carbonyl (C=O) groups is 1. The Morgan fingerprint density at radius 3 is 2.62 bits per heavy atom. The van der Waals surface area contributed by atoms with Gasteiger partial charge < -0.3 is 19.9 Å². The van der Waals surface area contributed by atoms with Crippen LogP contribution in [0.15, 0.2) is 55.4 Å². The lowest BCUT2D eigenvalue weighted by atomic mass is 9.74. The van der Waals surface area contributed by atoms with Crippen LogP contribution < -0.4 is 10.6 Å². The van der Waals surface area contributed by atoms with E-state index in [1.807, 2.05) is 47.7 Å². The minimum Gasteiger partial charge on any atom is -0.383 e. The van der Waals surface area contributed by atoms with Gasteiger partial charge in [0, 0.05) is 70.2 Å². The largest absolute Gasteiger partial charge is 0.383 e. The van der Waals surface area contributed by atoms with Crippen LogP contribution in [0.25, 0.3) is 11.3 Å². The number of benzene rings is 1. The van der Waals surface area contributed by atoms with Gasteiger partial charge in [-0.3, -0.25) is 9.69 Å². The van der Waals surface area contributed by atoms with Gasteiger partial charge in [-0.25, -0.2) is 4.98 Å². The Hall–Kier alpha value is -3.16. The highest BCUT2D eigenvalue weighted by Crippen LogP contribution is 2.34. The van der Waals surface area contributed by atoms with E-state index in [0.29, 0.717) is 16.9 Å². The Morgan fingerprint density at radius 2 is 1.89 bits per heavy atom. The van der Waals surface area contributed by atoms with E-state index in [1.165, 1.54) is 11.1 Å². The number of amides is 1. The van der Waals surface area contributed by atoms with Crippen molar-refractivity contribution in [2.24, 2.45) is 11.3 Å². The van der Waals surface area contributed by atoms with Crippen molar-refractivity contribution in [2.45, 2.75) is 33.7 Å². The quantitative estimate of drug-likeness (QED) is 0.518. The molecule has 7 nitrogen and oxygen atoms in total. The number of imidazole rings is 1. The molecule has 5 heterocycles. The summed E-state index contributed by atoms with van der Waals surface area (Å²) in [6.07, 6.45) is 4.98. The van der Waals surface area contributed by atoms with Crippen LogP contribution in [0.1, 0.15) is 48.0 Å². The molecule has 0 aliphatic carbocycles. The average molecular weight is 501 g/mol. The van der Waals surface area contributed by atoms with Crippen molar-refractivity contribution in [3.05, 3.63) is 77.8 Å². The maximum absolute atomic E-state index is 12.9. The van der Waals surface area contributed by atoms with Gasteiger partial charge in [0.25, 0.3) is 5.91 Å². The summed E-state index contributed by atoms with van der Waals surface area (Å²) in [6, 6.07) is 12.6. The van der Waals surface area contributed by atoms with Crippen LogP contribution in [0.4, 0.5) is 0 Å². The molecule has 1 atom stereocenters. The van der Waals surface area contributed by atoms with Crippen molar-refractivity contribution in [3.63, 3.8) is 0 Å². The summed E-state index contributed by atoms with van der Waals surface area (Å²) < 4.78 is 1.94. The zero-order chi connectivity index (χ0) is 26.0. The molecule has 1 unspecified atom stereocenters. The molecule has 1 aromatic carbocycles. The van der Waals surface area contributed by atoms with Crippen LogP contribution in [0, 0.1) is 11.3 Å². The molecule has 37 heavy (non-hydrogen) atoms. The third kappa shape index (κ3) is 5.29. The molecule has 3 aliphatic rings. The number of nitrogens with one attached hydrogen (secondary N) is 2. The van der Waals surface area contributed by atoms with Crippen LogP contribution in [-0.2, 0) is 13.0 Å². The molecule has 2 saturated heterocycles. The molecule has 1 spiro atoms. The average Bonchev–Trinajstić information content (AvgIpc) is 3.30. The summed E-state index contributed by atoms with van der Waals surface area (Å²) in [4.78, 5) is 22.1. The number of fused-ring (bicyclic) bond motifs is 2. The number of nitrogens with zero attached hydrogens (tertiary/aromatic N) is 4. The predicted octanol–water partition coefficient (Wildman–Crippen LogP) is 3.66. The summed E-state index contributed by atoms with van der Waals surface area (Å²) in [5.41, 5.74) is 6.45.